The van der Waals surface area contributed by atoms with Crippen LogP contribution in [0.3, 0.4) is 0 Å². The van der Waals surface area contributed by atoms with Crippen LogP contribution in [0.1, 0.15) is 58.6 Å². The number of Topliss-reactive ketones (excluding diaryl/α,β-unsaturated/α-hetero) is 1. The Bertz CT molecular complexity index is 2320. The second kappa shape index (κ2) is 19.6. The van der Waals surface area contributed by atoms with E-state index in [1.54, 1.807) is 0 Å². The molecule has 6 aromatic rings. The molecule has 0 saturated carbocycles. The van der Waals surface area contributed by atoms with Crippen molar-refractivity contribution in [2.24, 2.45) is 0 Å². The summed E-state index contributed by atoms with van der Waals surface area (Å²) in [5.74, 6) is -2.57. The molecule has 0 aliphatic heterocycles. The van der Waals surface area contributed by atoms with Gasteiger partial charge in [-0.15, -0.1) is 0 Å². The summed E-state index contributed by atoms with van der Waals surface area (Å²) in [6, 6.07) is 51.0. The smallest absolute Gasteiger partial charge is 0.407 e. The van der Waals surface area contributed by atoms with E-state index < -0.39 is 53.7 Å². The van der Waals surface area contributed by atoms with Gasteiger partial charge in [-0.05, 0) is 50.9 Å². The predicted octanol–water partition coefficient (Wildman–Crippen LogP) is 7.64. The number of carbonyl (C=O) groups is 5. The number of rotatable bonds is 17. The van der Waals surface area contributed by atoms with Crippen LogP contribution in [0.5, 0.6) is 0 Å². The van der Waals surface area contributed by atoms with E-state index in [-0.39, 0.29) is 31.8 Å². The summed E-state index contributed by atoms with van der Waals surface area (Å²) in [6.45, 7) is -0.0256. The third-order valence-corrected chi connectivity index (χ3v) is 11.1. The van der Waals surface area contributed by atoms with Crippen LogP contribution in [0.25, 0.3) is 11.1 Å². The minimum atomic E-state index is -1.48. The maximum absolute atomic E-state index is 14.6. The lowest BCUT2D eigenvalue weighted by molar-refractivity contribution is -0.142. The molecule has 10 heteroatoms. The Morgan fingerprint density at radius 3 is 1.56 bits per heavy atom. The molecular formula is C51H47N3O7. The number of alkyl carbamates (subject to hydrolysis) is 1. The number of hydrogen-bond donors (Lipinski definition) is 3. The number of methoxy groups -OCH3 is 1. The molecule has 0 heterocycles. The predicted molar refractivity (Wildman–Crippen MR) is 232 cm³/mol. The van der Waals surface area contributed by atoms with E-state index in [4.69, 9.17) is 9.47 Å². The van der Waals surface area contributed by atoms with Crippen molar-refractivity contribution in [2.75, 3.05) is 13.7 Å². The fourth-order valence-electron chi connectivity index (χ4n) is 8.09. The van der Waals surface area contributed by atoms with E-state index in [0.717, 1.165) is 44.5 Å². The molecule has 0 spiro atoms. The Hall–Kier alpha value is -7.33. The molecule has 10 nitrogen and oxygen atoms in total. The molecule has 0 saturated heterocycles. The van der Waals surface area contributed by atoms with Gasteiger partial charge in [-0.2, -0.15) is 0 Å². The summed E-state index contributed by atoms with van der Waals surface area (Å²) >= 11 is 0. The van der Waals surface area contributed by atoms with Crippen LogP contribution in [0, 0.1) is 0 Å². The van der Waals surface area contributed by atoms with E-state index in [1.807, 2.05) is 170 Å². The number of ether oxygens (including phenoxy) is 2. The van der Waals surface area contributed by atoms with Crippen molar-refractivity contribution in [3.05, 3.63) is 203 Å². The molecule has 1 aliphatic rings. The van der Waals surface area contributed by atoms with Gasteiger partial charge in [0.05, 0.1) is 26.0 Å². The third kappa shape index (κ3) is 9.77. The molecule has 0 radical (unpaired) electrons. The van der Waals surface area contributed by atoms with Gasteiger partial charge in [0.1, 0.15) is 18.2 Å². The van der Waals surface area contributed by atoms with Crippen LogP contribution < -0.4 is 16.0 Å². The molecule has 0 unspecified atom stereocenters. The Kier molecular flexibility index (Phi) is 13.4. The van der Waals surface area contributed by atoms with Crippen molar-refractivity contribution in [3.63, 3.8) is 0 Å². The molecule has 1 aliphatic carbocycles. The zero-order valence-electron chi connectivity index (χ0n) is 33.8. The van der Waals surface area contributed by atoms with Gasteiger partial charge in [-0.3, -0.25) is 19.2 Å². The molecule has 3 amide bonds. The molecule has 308 valence electrons. The summed E-state index contributed by atoms with van der Waals surface area (Å²) in [5.41, 5.74) is 6.00. The molecule has 2 atom stereocenters. The highest BCUT2D eigenvalue weighted by molar-refractivity contribution is 5.96. The molecule has 3 N–H and O–H groups in total. The zero-order chi connectivity index (χ0) is 42.6. The van der Waals surface area contributed by atoms with Crippen LogP contribution in [0.15, 0.2) is 170 Å². The van der Waals surface area contributed by atoms with Crippen molar-refractivity contribution in [2.45, 2.75) is 49.2 Å². The number of amides is 3. The molecule has 7 rings (SSSR count). The highest BCUT2D eigenvalue weighted by Gasteiger charge is 2.39. The highest BCUT2D eigenvalue weighted by atomic mass is 16.5. The first-order valence-corrected chi connectivity index (χ1v) is 20.3. The van der Waals surface area contributed by atoms with E-state index in [0.29, 0.717) is 0 Å². The van der Waals surface area contributed by atoms with E-state index in [2.05, 4.69) is 16.0 Å². The summed E-state index contributed by atoms with van der Waals surface area (Å²) < 4.78 is 10.6. The van der Waals surface area contributed by atoms with Crippen molar-refractivity contribution < 1.29 is 33.4 Å². The minimum absolute atomic E-state index is 0.0256. The lowest BCUT2D eigenvalue weighted by Crippen LogP contribution is -2.55. The van der Waals surface area contributed by atoms with Gasteiger partial charge >= 0.3 is 12.1 Å². The topological polar surface area (TPSA) is 140 Å². The van der Waals surface area contributed by atoms with Crippen molar-refractivity contribution in [3.8, 4) is 11.1 Å². The van der Waals surface area contributed by atoms with Gasteiger partial charge in [0.25, 0.3) is 0 Å². The number of nitrogens with one attached hydrogen (secondary N) is 3. The standard InChI is InChI=1S/C51H47N3O7/c1-60-48(57)31-30-46(55)44(32-35-18-6-2-7-19-35)52-49(58)45(53-50(59)61-34-43-41-28-16-14-26-39(41)40-27-15-17-29-42(40)43)33-47(56)54-51(36-20-8-3-9-21-36,37-22-10-4-11-23-37)38-24-12-5-13-25-38/h2-29,43-45H,30-34H2,1H3,(H,52,58)(H,53,59)(H,54,56)/t44-,45-/m0/s1. The largest absolute Gasteiger partial charge is 0.469 e. The van der Waals surface area contributed by atoms with Gasteiger partial charge in [0, 0.05) is 12.3 Å². The molecule has 61 heavy (non-hydrogen) atoms. The normalized spacial score (nSPS) is 12.8. The second-order valence-corrected chi connectivity index (χ2v) is 14.9. The molecule has 0 fully saturated rings. The average molecular weight is 814 g/mol. The summed E-state index contributed by atoms with van der Waals surface area (Å²) in [6.07, 6.45) is -1.69. The first-order valence-electron chi connectivity index (χ1n) is 20.3. The number of benzene rings is 6. The molecule has 0 bridgehead atoms. The number of carbonyl (C=O) groups excluding carboxylic acids is 5. The maximum atomic E-state index is 14.6. The van der Waals surface area contributed by atoms with E-state index >= 15 is 0 Å². The van der Waals surface area contributed by atoms with Crippen LogP contribution >= 0.6 is 0 Å². The van der Waals surface area contributed by atoms with Crippen molar-refractivity contribution in [1.29, 1.82) is 0 Å². The number of esters is 1. The van der Waals surface area contributed by atoms with Gasteiger partial charge in [0.15, 0.2) is 5.78 Å². The first-order chi connectivity index (χ1) is 29.8. The van der Waals surface area contributed by atoms with Crippen molar-refractivity contribution >= 4 is 29.7 Å². The van der Waals surface area contributed by atoms with E-state index in [9.17, 15) is 24.0 Å². The Morgan fingerprint density at radius 1 is 0.574 bits per heavy atom. The van der Waals surface area contributed by atoms with Crippen LogP contribution in [-0.4, -0.2) is 55.5 Å². The Balaban J connectivity index is 1.19. The molecule has 6 aromatic carbocycles. The SMILES string of the molecule is COC(=O)CCC(=O)[C@H](Cc1ccccc1)NC(=O)[C@H](CC(=O)NC(c1ccccc1)(c1ccccc1)c1ccccc1)NC(=O)OCC1c2ccccc2-c2ccccc21. The highest BCUT2D eigenvalue weighted by Crippen LogP contribution is 2.44. The summed E-state index contributed by atoms with van der Waals surface area (Å²) in [4.78, 5) is 68.6. The maximum Gasteiger partial charge on any atom is 0.407 e. The zero-order valence-corrected chi connectivity index (χ0v) is 33.8. The van der Waals surface area contributed by atoms with Crippen LogP contribution in [0.2, 0.25) is 0 Å². The summed E-state index contributed by atoms with van der Waals surface area (Å²) in [7, 11) is 1.24. The van der Waals surface area contributed by atoms with E-state index in [1.165, 1.54) is 7.11 Å². The lowest BCUT2D eigenvalue weighted by Gasteiger charge is -2.37. The average Bonchev–Trinajstić information content (AvgIpc) is 3.63. The summed E-state index contributed by atoms with van der Waals surface area (Å²) in [5, 5.41) is 8.74. The van der Waals surface area contributed by atoms with Gasteiger partial charge in [-0.1, -0.05) is 170 Å². The third-order valence-electron chi connectivity index (χ3n) is 11.1. The lowest BCUT2D eigenvalue weighted by atomic mass is 9.77. The first kappa shape index (κ1) is 41.8. The number of fused-ring (bicyclic) bond motifs is 3. The number of ketones is 1. The van der Waals surface area contributed by atoms with Gasteiger partial charge in [-0.25, -0.2) is 4.79 Å². The quantitative estimate of drug-likeness (QED) is 0.0636. The number of hydrogen-bond acceptors (Lipinski definition) is 7. The van der Waals surface area contributed by atoms with Gasteiger partial charge < -0.3 is 25.4 Å². The fourth-order valence-corrected chi connectivity index (χ4v) is 8.09. The van der Waals surface area contributed by atoms with Crippen molar-refractivity contribution in [1.82, 2.24) is 16.0 Å². The van der Waals surface area contributed by atoms with Crippen LogP contribution in [0.4, 0.5) is 4.79 Å². The monoisotopic (exact) mass is 813 g/mol. The molecule has 0 aromatic heterocycles. The van der Waals surface area contributed by atoms with Gasteiger partial charge in [0.2, 0.25) is 11.8 Å². The van der Waals surface area contributed by atoms with Crippen LogP contribution in [-0.2, 0) is 40.6 Å². The Morgan fingerprint density at radius 2 is 1.05 bits per heavy atom. The Labute approximate surface area is 355 Å². The minimum Gasteiger partial charge on any atom is -0.469 e. The second-order valence-electron chi connectivity index (χ2n) is 14.9. The fraction of sp³-hybridized carbons (Fsp3) is 0.196. The molecular weight excluding hydrogens is 767 g/mol.